The highest BCUT2D eigenvalue weighted by atomic mass is 32.2. The number of benzene rings is 1. The first-order valence-corrected chi connectivity index (χ1v) is 10.1. The summed E-state index contributed by atoms with van der Waals surface area (Å²) in [6.07, 6.45) is 3.97. The van der Waals surface area contributed by atoms with Crippen molar-refractivity contribution in [2.75, 3.05) is 0 Å². The molecule has 24 heavy (non-hydrogen) atoms. The highest BCUT2D eigenvalue weighted by Gasteiger charge is 2.51. The van der Waals surface area contributed by atoms with Gasteiger partial charge in [-0.25, -0.2) is 8.42 Å². The van der Waals surface area contributed by atoms with Crippen molar-refractivity contribution in [1.82, 2.24) is 13.1 Å². The van der Waals surface area contributed by atoms with Crippen LogP contribution in [0.1, 0.15) is 32.1 Å². The Balaban J connectivity index is 1.84. The molecule has 7 nitrogen and oxygen atoms in total. The van der Waals surface area contributed by atoms with Crippen molar-refractivity contribution >= 4 is 38.8 Å². The summed E-state index contributed by atoms with van der Waals surface area (Å²) in [4.78, 5) is 11.8. The van der Waals surface area contributed by atoms with Crippen molar-refractivity contribution < 1.29 is 18.3 Å². The highest BCUT2D eigenvalue weighted by molar-refractivity contribution is 7.89. The van der Waals surface area contributed by atoms with Crippen molar-refractivity contribution in [3.8, 4) is 0 Å². The zero-order valence-electron chi connectivity index (χ0n) is 12.8. The van der Waals surface area contributed by atoms with Gasteiger partial charge in [0.1, 0.15) is 22.0 Å². The Morgan fingerprint density at radius 3 is 2.83 bits per heavy atom. The SMILES string of the molecule is O=C(O)C1CC2CCCCC2N1S(=O)(=O)c1cccc2nsnc12. The Bertz CT molecular complexity index is 895. The quantitative estimate of drug-likeness (QED) is 0.891. The monoisotopic (exact) mass is 367 g/mol. The van der Waals surface area contributed by atoms with Crippen LogP contribution in [0.4, 0.5) is 0 Å². The van der Waals surface area contributed by atoms with Crippen LogP contribution in [-0.4, -0.2) is 44.6 Å². The molecule has 3 atom stereocenters. The molecular formula is C15H17N3O4S2. The molecule has 1 saturated heterocycles. The Labute approximate surface area is 143 Å². The Hall–Kier alpha value is -1.58. The zero-order chi connectivity index (χ0) is 16.9. The number of hydrogen-bond acceptors (Lipinski definition) is 6. The highest BCUT2D eigenvalue weighted by Crippen LogP contribution is 2.43. The largest absolute Gasteiger partial charge is 0.480 e. The van der Waals surface area contributed by atoms with Gasteiger partial charge in [-0.05, 0) is 37.3 Å². The fraction of sp³-hybridized carbons (Fsp3) is 0.533. The van der Waals surface area contributed by atoms with Gasteiger partial charge in [-0.1, -0.05) is 18.9 Å². The maximum Gasteiger partial charge on any atom is 0.322 e. The summed E-state index contributed by atoms with van der Waals surface area (Å²) < 4.78 is 36.1. The lowest BCUT2D eigenvalue weighted by atomic mass is 9.85. The summed E-state index contributed by atoms with van der Waals surface area (Å²) >= 11 is 0.956. The normalized spacial score (nSPS) is 28.1. The van der Waals surface area contributed by atoms with Gasteiger partial charge in [0, 0.05) is 6.04 Å². The average molecular weight is 367 g/mol. The molecular weight excluding hydrogens is 350 g/mol. The first-order valence-electron chi connectivity index (χ1n) is 7.98. The topological polar surface area (TPSA) is 100 Å². The Morgan fingerprint density at radius 1 is 1.25 bits per heavy atom. The molecule has 1 N–H and O–H groups in total. The van der Waals surface area contributed by atoms with Crippen LogP contribution in [-0.2, 0) is 14.8 Å². The molecule has 1 aromatic carbocycles. The molecule has 1 aromatic heterocycles. The Morgan fingerprint density at radius 2 is 2.04 bits per heavy atom. The number of rotatable bonds is 3. The molecule has 1 saturated carbocycles. The van der Waals surface area contributed by atoms with Gasteiger partial charge in [0.2, 0.25) is 10.0 Å². The second-order valence-corrected chi connectivity index (χ2v) is 8.76. The van der Waals surface area contributed by atoms with E-state index in [-0.39, 0.29) is 16.9 Å². The molecule has 0 bridgehead atoms. The molecule has 0 radical (unpaired) electrons. The van der Waals surface area contributed by atoms with Gasteiger partial charge in [-0.3, -0.25) is 4.79 Å². The number of sulfonamides is 1. The molecule has 9 heteroatoms. The standard InChI is InChI=1S/C15H17N3O4S2/c19-15(20)12-8-9-4-1-2-6-11(9)18(12)24(21,22)13-7-3-5-10-14(13)17-23-16-10/h3,5,7,9,11-12H,1-2,4,6,8H2,(H,19,20). The van der Waals surface area contributed by atoms with Gasteiger partial charge >= 0.3 is 5.97 Å². The molecule has 0 spiro atoms. The van der Waals surface area contributed by atoms with Gasteiger partial charge in [0.05, 0.1) is 11.7 Å². The molecule has 4 rings (SSSR count). The summed E-state index contributed by atoms with van der Waals surface area (Å²) in [7, 11) is -3.94. The number of nitrogens with zero attached hydrogens (tertiary/aromatic N) is 3. The number of carboxylic acids is 1. The number of aromatic nitrogens is 2. The molecule has 3 unspecified atom stereocenters. The van der Waals surface area contributed by atoms with Crippen molar-refractivity contribution in [1.29, 1.82) is 0 Å². The first-order chi connectivity index (χ1) is 11.5. The number of aliphatic carboxylic acids is 1. The predicted molar refractivity (Wildman–Crippen MR) is 88.2 cm³/mol. The maximum atomic E-state index is 13.3. The molecule has 128 valence electrons. The fourth-order valence-electron chi connectivity index (χ4n) is 4.08. The van der Waals surface area contributed by atoms with E-state index >= 15 is 0 Å². The third-order valence-electron chi connectivity index (χ3n) is 5.12. The third kappa shape index (κ3) is 2.34. The van der Waals surface area contributed by atoms with Gasteiger partial charge in [0.25, 0.3) is 0 Å². The zero-order valence-corrected chi connectivity index (χ0v) is 14.5. The molecule has 2 heterocycles. The van der Waals surface area contributed by atoms with Crippen LogP contribution >= 0.6 is 11.7 Å². The summed E-state index contributed by atoms with van der Waals surface area (Å²) in [5.41, 5.74) is 0.846. The fourth-order valence-corrected chi connectivity index (χ4v) is 6.70. The van der Waals surface area contributed by atoms with E-state index in [1.54, 1.807) is 12.1 Å². The third-order valence-corrected chi connectivity index (χ3v) is 7.63. The number of fused-ring (bicyclic) bond motifs is 2. The molecule has 2 aliphatic rings. The molecule has 0 amide bonds. The minimum Gasteiger partial charge on any atom is -0.480 e. The van der Waals surface area contributed by atoms with Crippen LogP contribution in [0.15, 0.2) is 23.1 Å². The number of carboxylic acid groups (broad SMARTS) is 1. The van der Waals surface area contributed by atoms with Gasteiger partial charge in [0.15, 0.2) is 0 Å². The lowest BCUT2D eigenvalue weighted by Gasteiger charge is -2.32. The van der Waals surface area contributed by atoms with E-state index in [0.29, 0.717) is 17.5 Å². The smallest absolute Gasteiger partial charge is 0.322 e. The van der Waals surface area contributed by atoms with E-state index in [1.807, 2.05) is 0 Å². The van der Waals surface area contributed by atoms with Crippen LogP contribution in [0.5, 0.6) is 0 Å². The maximum absolute atomic E-state index is 13.3. The predicted octanol–water partition coefficient (Wildman–Crippen LogP) is 2.10. The van der Waals surface area contributed by atoms with E-state index < -0.39 is 22.0 Å². The van der Waals surface area contributed by atoms with Crippen molar-refractivity contribution in [3.05, 3.63) is 18.2 Å². The molecule has 1 aliphatic heterocycles. The molecule has 2 aromatic rings. The van der Waals surface area contributed by atoms with Gasteiger partial charge in [-0.2, -0.15) is 13.1 Å². The van der Waals surface area contributed by atoms with Gasteiger partial charge < -0.3 is 5.11 Å². The van der Waals surface area contributed by atoms with E-state index in [9.17, 15) is 18.3 Å². The molecule has 2 fully saturated rings. The van der Waals surface area contributed by atoms with Crippen LogP contribution < -0.4 is 0 Å². The van der Waals surface area contributed by atoms with E-state index in [2.05, 4.69) is 8.75 Å². The second kappa shape index (κ2) is 5.75. The van der Waals surface area contributed by atoms with Crippen molar-refractivity contribution in [2.24, 2.45) is 5.92 Å². The lowest BCUT2D eigenvalue weighted by Crippen LogP contribution is -2.46. The number of carbonyl (C=O) groups is 1. The molecule has 1 aliphatic carbocycles. The summed E-state index contributed by atoms with van der Waals surface area (Å²) in [6, 6.07) is 3.60. The summed E-state index contributed by atoms with van der Waals surface area (Å²) in [5, 5.41) is 9.58. The first kappa shape index (κ1) is 15.9. The Kier molecular flexibility index (Phi) is 3.81. The van der Waals surface area contributed by atoms with E-state index in [4.69, 9.17) is 0 Å². The lowest BCUT2D eigenvalue weighted by molar-refractivity contribution is -0.141. The second-order valence-electron chi connectivity index (χ2n) is 6.42. The number of hydrogen-bond donors (Lipinski definition) is 1. The minimum atomic E-state index is -3.94. The van der Waals surface area contributed by atoms with Gasteiger partial charge in [-0.15, -0.1) is 0 Å². The van der Waals surface area contributed by atoms with Crippen LogP contribution in [0.25, 0.3) is 11.0 Å². The van der Waals surface area contributed by atoms with Crippen molar-refractivity contribution in [2.45, 2.75) is 49.1 Å². The van der Waals surface area contributed by atoms with E-state index in [0.717, 1.165) is 37.4 Å². The average Bonchev–Trinajstić information content (AvgIpc) is 3.18. The van der Waals surface area contributed by atoms with Crippen LogP contribution in [0, 0.1) is 5.92 Å². The summed E-state index contributed by atoms with van der Waals surface area (Å²) in [6.45, 7) is 0. The van der Waals surface area contributed by atoms with Crippen molar-refractivity contribution in [3.63, 3.8) is 0 Å². The summed E-state index contributed by atoms with van der Waals surface area (Å²) in [5.74, 6) is -0.945. The van der Waals surface area contributed by atoms with E-state index in [1.165, 1.54) is 10.4 Å². The minimum absolute atomic E-state index is 0.0613. The van der Waals surface area contributed by atoms with Crippen LogP contribution in [0.3, 0.4) is 0 Å². The van der Waals surface area contributed by atoms with Crippen LogP contribution in [0.2, 0.25) is 0 Å².